The average molecular weight is 365 g/mol. The highest BCUT2D eigenvalue weighted by molar-refractivity contribution is 5.95. The highest BCUT2D eigenvalue weighted by Crippen LogP contribution is 2.30. The largest absolute Gasteiger partial charge is 0.478 e. The van der Waals surface area contributed by atoms with E-state index in [4.69, 9.17) is 4.42 Å². The zero-order valence-electron chi connectivity index (χ0n) is 14.8. The van der Waals surface area contributed by atoms with Crippen molar-refractivity contribution in [2.45, 2.75) is 19.4 Å². The Labute approximate surface area is 155 Å². The van der Waals surface area contributed by atoms with Crippen LogP contribution in [0.3, 0.4) is 0 Å². The third kappa shape index (κ3) is 3.54. The summed E-state index contributed by atoms with van der Waals surface area (Å²) < 4.78 is 5.87. The first-order chi connectivity index (χ1) is 13.0. The first-order valence-electron chi connectivity index (χ1n) is 8.71. The lowest BCUT2D eigenvalue weighted by atomic mass is 9.96. The standard InChI is InChI=1S/C20H19N3O4/c1-12-21-17(8-19(24)22-12)13-9-23(10-13)11-14-6-7-18(27-14)15-4-2-3-5-16(15)20(25)26/h2-8,13H,9-11H2,1H3,(H,25,26)(H,21,22,24). The van der Waals surface area contributed by atoms with Gasteiger partial charge in [-0.25, -0.2) is 9.78 Å². The van der Waals surface area contributed by atoms with Crippen molar-refractivity contribution in [3.05, 3.63) is 75.7 Å². The van der Waals surface area contributed by atoms with E-state index in [-0.39, 0.29) is 17.0 Å². The summed E-state index contributed by atoms with van der Waals surface area (Å²) in [6.45, 7) is 4.02. The summed E-state index contributed by atoms with van der Waals surface area (Å²) in [6.07, 6.45) is 0. The van der Waals surface area contributed by atoms with E-state index in [0.717, 1.165) is 24.5 Å². The van der Waals surface area contributed by atoms with Crippen LogP contribution in [-0.2, 0) is 6.54 Å². The zero-order chi connectivity index (χ0) is 19.0. The zero-order valence-corrected chi connectivity index (χ0v) is 14.8. The molecule has 0 radical (unpaired) electrons. The molecule has 27 heavy (non-hydrogen) atoms. The van der Waals surface area contributed by atoms with Gasteiger partial charge >= 0.3 is 5.97 Å². The summed E-state index contributed by atoms with van der Waals surface area (Å²) in [5, 5.41) is 9.32. The number of rotatable bonds is 5. The van der Waals surface area contributed by atoms with Crippen LogP contribution in [0.2, 0.25) is 0 Å². The Morgan fingerprint density at radius 2 is 2.07 bits per heavy atom. The molecule has 2 N–H and O–H groups in total. The number of carbonyl (C=O) groups is 1. The molecule has 0 spiro atoms. The lowest BCUT2D eigenvalue weighted by Crippen LogP contribution is -2.44. The van der Waals surface area contributed by atoms with Crippen molar-refractivity contribution in [3.8, 4) is 11.3 Å². The predicted molar refractivity (Wildman–Crippen MR) is 98.7 cm³/mol. The van der Waals surface area contributed by atoms with E-state index in [2.05, 4.69) is 14.9 Å². The van der Waals surface area contributed by atoms with Crippen molar-refractivity contribution in [1.29, 1.82) is 0 Å². The highest BCUT2D eigenvalue weighted by atomic mass is 16.4. The maximum absolute atomic E-state index is 11.6. The van der Waals surface area contributed by atoms with E-state index in [1.54, 1.807) is 43.3 Å². The summed E-state index contributed by atoms with van der Waals surface area (Å²) in [6, 6.07) is 12.0. The van der Waals surface area contributed by atoms with Crippen LogP contribution in [0.4, 0.5) is 0 Å². The summed E-state index contributed by atoms with van der Waals surface area (Å²) in [7, 11) is 0. The van der Waals surface area contributed by atoms with Crippen LogP contribution in [0.5, 0.6) is 0 Å². The fourth-order valence-corrected chi connectivity index (χ4v) is 3.41. The molecule has 1 aliphatic rings. The summed E-state index contributed by atoms with van der Waals surface area (Å²) >= 11 is 0. The molecule has 0 unspecified atom stereocenters. The van der Waals surface area contributed by atoms with Crippen molar-refractivity contribution >= 4 is 5.97 Å². The molecule has 0 atom stereocenters. The van der Waals surface area contributed by atoms with Crippen LogP contribution in [0.15, 0.2) is 51.7 Å². The highest BCUT2D eigenvalue weighted by Gasteiger charge is 2.30. The number of furan rings is 1. The quantitative estimate of drug-likeness (QED) is 0.721. The molecule has 1 aromatic carbocycles. The number of aromatic nitrogens is 2. The van der Waals surface area contributed by atoms with Crippen LogP contribution in [0, 0.1) is 6.92 Å². The Morgan fingerprint density at radius 1 is 1.30 bits per heavy atom. The second kappa shape index (κ2) is 6.85. The molecule has 0 bridgehead atoms. The third-order valence-electron chi connectivity index (χ3n) is 4.72. The lowest BCUT2D eigenvalue weighted by molar-refractivity contribution is 0.0697. The smallest absolute Gasteiger partial charge is 0.336 e. The minimum absolute atomic E-state index is 0.122. The molecule has 0 saturated carbocycles. The average Bonchev–Trinajstić information content (AvgIpc) is 3.05. The molecule has 0 amide bonds. The monoisotopic (exact) mass is 365 g/mol. The van der Waals surface area contributed by atoms with E-state index in [1.165, 1.54) is 0 Å². The molecule has 1 fully saturated rings. The van der Waals surface area contributed by atoms with Crippen LogP contribution in [0.1, 0.15) is 33.6 Å². The van der Waals surface area contributed by atoms with Crippen LogP contribution in [-0.4, -0.2) is 39.0 Å². The number of benzene rings is 1. The normalized spacial score (nSPS) is 14.9. The molecule has 7 nitrogen and oxygen atoms in total. The van der Waals surface area contributed by atoms with Gasteiger partial charge in [0.2, 0.25) is 0 Å². The number of nitrogens with zero attached hydrogens (tertiary/aromatic N) is 2. The molecule has 0 aliphatic carbocycles. The topological polar surface area (TPSA) is 99.4 Å². The van der Waals surface area contributed by atoms with Crippen molar-refractivity contribution in [2.75, 3.05) is 13.1 Å². The maximum Gasteiger partial charge on any atom is 0.336 e. The number of carboxylic acids is 1. The fourth-order valence-electron chi connectivity index (χ4n) is 3.41. The van der Waals surface area contributed by atoms with Gasteiger partial charge in [-0.05, 0) is 25.1 Å². The van der Waals surface area contributed by atoms with E-state index >= 15 is 0 Å². The molecule has 7 heteroatoms. The first kappa shape index (κ1) is 17.2. The van der Waals surface area contributed by atoms with Crippen LogP contribution < -0.4 is 5.56 Å². The van der Waals surface area contributed by atoms with Crippen LogP contribution in [0.25, 0.3) is 11.3 Å². The molecular formula is C20H19N3O4. The third-order valence-corrected chi connectivity index (χ3v) is 4.72. The van der Waals surface area contributed by atoms with Gasteiger partial charge in [-0.2, -0.15) is 0 Å². The minimum atomic E-state index is -0.977. The number of H-pyrrole nitrogens is 1. The molecule has 4 rings (SSSR count). The molecule has 1 saturated heterocycles. The summed E-state index contributed by atoms with van der Waals surface area (Å²) in [5.41, 5.74) is 1.49. The molecule has 2 aromatic heterocycles. The number of aryl methyl sites for hydroxylation is 1. The second-order valence-electron chi connectivity index (χ2n) is 6.76. The number of likely N-dealkylation sites (tertiary alicyclic amines) is 1. The van der Waals surface area contributed by atoms with Gasteiger partial charge in [-0.3, -0.25) is 9.69 Å². The Morgan fingerprint density at radius 3 is 2.81 bits per heavy atom. The molecule has 1 aliphatic heterocycles. The predicted octanol–water partition coefficient (Wildman–Crippen LogP) is 2.64. The SMILES string of the molecule is Cc1nc(C2CN(Cc3ccc(-c4ccccc4C(=O)O)o3)C2)cc(=O)[nH]1. The number of aromatic amines is 1. The van der Waals surface area contributed by atoms with E-state index < -0.39 is 5.97 Å². The second-order valence-corrected chi connectivity index (χ2v) is 6.76. The van der Waals surface area contributed by atoms with Crippen molar-refractivity contribution in [2.24, 2.45) is 0 Å². The van der Waals surface area contributed by atoms with E-state index in [0.29, 0.717) is 23.7 Å². The summed E-state index contributed by atoms with van der Waals surface area (Å²) in [5.74, 6) is 1.22. The number of nitrogens with one attached hydrogen (secondary N) is 1. The lowest BCUT2D eigenvalue weighted by Gasteiger charge is -2.38. The van der Waals surface area contributed by atoms with Gasteiger partial charge in [0.25, 0.3) is 5.56 Å². The number of hydrogen-bond donors (Lipinski definition) is 2. The van der Waals surface area contributed by atoms with Gasteiger partial charge < -0.3 is 14.5 Å². The Bertz CT molecular complexity index is 1050. The van der Waals surface area contributed by atoms with Crippen molar-refractivity contribution in [1.82, 2.24) is 14.9 Å². The van der Waals surface area contributed by atoms with Crippen molar-refractivity contribution < 1.29 is 14.3 Å². The number of aromatic carboxylic acids is 1. The van der Waals surface area contributed by atoms with Gasteiger partial charge in [0, 0.05) is 30.6 Å². The number of carboxylic acid groups (broad SMARTS) is 1. The van der Waals surface area contributed by atoms with Gasteiger partial charge in [-0.1, -0.05) is 18.2 Å². The van der Waals surface area contributed by atoms with Crippen molar-refractivity contribution in [3.63, 3.8) is 0 Å². The number of hydrogen-bond acceptors (Lipinski definition) is 5. The van der Waals surface area contributed by atoms with E-state index in [1.807, 2.05) is 6.07 Å². The fraction of sp³-hybridized carbons (Fsp3) is 0.250. The summed E-state index contributed by atoms with van der Waals surface area (Å²) in [4.78, 5) is 32.2. The Balaban J connectivity index is 1.43. The molecule has 3 aromatic rings. The molecular weight excluding hydrogens is 346 g/mol. The van der Waals surface area contributed by atoms with Gasteiger partial charge in [0.15, 0.2) is 0 Å². The minimum Gasteiger partial charge on any atom is -0.478 e. The maximum atomic E-state index is 11.6. The Hall–Kier alpha value is -3.19. The van der Waals surface area contributed by atoms with Gasteiger partial charge in [0.05, 0.1) is 17.8 Å². The van der Waals surface area contributed by atoms with Crippen LogP contribution >= 0.6 is 0 Å². The Kier molecular flexibility index (Phi) is 4.37. The van der Waals surface area contributed by atoms with E-state index in [9.17, 15) is 14.7 Å². The first-order valence-corrected chi connectivity index (χ1v) is 8.71. The van der Waals surface area contributed by atoms with Gasteiger partial charge in [-0.15, -0.1) is 0 Å². The molecule has 3 heterocycles. The van der Waals surface area contributed by atoms with Gasteiger partial charge in [0.1, 0.15) is 17.3 Å². The molecule has 138 valence electrons.